The molecule has 118 valence electrons. The number of aliphatic carboxylic acids is 1. The van der Waals surface area contributed by atoms with Gasteiger partial charge in [-0.2, -0.15) is 13.2 Å². The van der Waals surface area contributed by atoms with Crippen LogP contribution in [0.15, 0.2) is 0 Å². The molecule has 1 aromatic heterocycles. The highest BCUT2D eigenvalue weighted by atomic mass is 32.1. The van der Waals surface area contributed by atoms with Gasteiger partial charge >= 0.3 is 18.2 Å². The molecular weight excluding hydrogens is 311 g/mol. The molecule has 0 unspecified atom stereocenters. The van der Waals surface area contributed by atoms with Gasteiger partial charge in [-0.3, -0.25) is 10.1 Å². The standard InChI is InChI=1S/C11H14F3N3O3S/c1-3-7-6(2)21-9(15-7)16-10(20)17(4-8(18)19)5-11(12,13)14/h3-5H2,1-2H3,(H,18,19)(H,15,16,20). The van der Waals surface area contributed by atoms with Gasteiger partial charge in [0.1, 0.15) is 13.1 Å². The number of amides is 2. The van der Waals surface area contributed by atoms with Crippen molar-refractivity contribution in [1.29, 1.82) is 0 Å². The van der Waals surface area contributed by atoms with Gasteiger partial charge in [0.2, 0.25) is 0 Å². The zero-order chi connectivity index (χ0) is 16.2. The second-order valence-corrected chi connectivity index (χ2v) is 5.37. The smallest absolute Gasteiger partial charge is 0.406 e. The fraction of sp³-hybridized carbons (Fsp3) is 0.545. The number of alkyl halides is 3. The van der Waals surface area contributed by atoms with Gasteiger partial charge in [0, 0.05) is 4.88 Å². The molecule has 1 rings (SSSR count). The van der Waals surface area contributed by atoms with Crippen molar-refractivity contribution >= 4 is 28.5 Å². The van der Waals surface area contributed by atoms with Crippen LogP contribution in [0.1, 0.15) is 17.5 Å². The predicted molar refractivity (Wildman–Crippen MR) is 70.5 cm³/mol. The summed E-state index contributed by atoms with van der Waals surface area (Å²) < 4.78 is 37.1. The molecule has 0 saturated heterocycles. The number of nitrogens with zero attached hydrogens (tertiary/aromatic N) is 2. The van der Waals surface area contributed by atoms with Crippen LogP contribution in [0, 0.1) is 6.92 Å². The molecule has 0 aliphatic heterocycles. The summed E-state index contributed by atoms with van der Waals surface area (Å²) in [6, 6.07) is -1.15. The molecule has 0 atom stereocenters. The average molecular weight is 325 g/mol. The fourth-order valence-corrected chi connectivity index (χ4v) is 2.45. The quantitative estimate of drug-likeness (QED) is 0.871. The molecule has 1 heterocycles. The highest BCUT2D eigenvalue weighted by molar-refractivity contribution is 7.15. The maximum absolute atomic E-state index is 12.4. The summed E-state index contributed by atoms with van der Waals surface area (Å²) in [7, 11) is 0. The molecule has 0 spiro atoms. The van der Waals surface area contributed by atoms with E-state index < -0.39 is 31.3 Å². The molecule has 6 nitrogen and oxygen atoms in total. The van der Waals surface area contributed by atoms with Gasteiger partial charge in [0.25, 0.3) is 0 Å². The van der Waals surface area contributed by atoms with E-state index in [4.69, 9.17) is 5.11 Å². The monoisotopic (exact) mass is 325 g/mol. The molecule has 0 aromatic carbocycles. The molecule has 10 heteroatoms. The number of urea groups is 1. The van der Waals surface area contributed by atoms with Crippen LogP contribution >= 0.6 is 11.3 Å². The summed E-state index contributed by atoms with van der Waals surface area (Å²) in [6.07, 6.45) is -4.06. The van der Waals surface area contributed by atoms with Crippen LogP contribution in [0.25, 0.3) is 0 Å². The van der Waals surface area contributed by atoms with E-state index in [1.54, 1.807) is 6.92 Å². The van der Waals surface area contributed by atoms with Crippen molar-refractivity contribution in [2.45, 2.75) is 26.4 Å². The first-order chi connectivity index (χ1) is 9.62. The summed E-state index contributed by atoms with van der Waals surface area (Å²) in [4.78, 5) is 27.4. The number of hydrogen-bond donors (Lipinski definition) is 2. The lowest BCUT2D eigenvalue weighted by Gasteiger charge is -2.21. The van der Waals surface area contributed by atoms with Crippen LogP contribution in [-0.2, 0) is 11.2 Å². The normalized spacial score (nSPS) is 11.3. The van der Waals surface area contributed by atoms with E-state index in [1.807, 2.05) is 6.92 Å². The van der Waals surface area contributed by atoms with E-state index in [1.165, 1.54) is 0 Å². The first-order valence-corrected chi connectivity index (χ1v) is 6.74. The number of aryl methyl sites for hydroxylation is 2. The molecule has 0 aliphatic rings. The molecule has 0 fully saturated rings. The van der Waals surface area contributed by atoms with Gasteiger partial charge < -0.3 is 10.0 Å². The van der Waals surface area contributed by atoms with Crippen LogP contribution < -0.4 is 5.32 Å². The molecule has 0 aliphatic carbocycles. The predicted octanol–water partition coefficient (Wildman–Crippen LogP) is 2.49. The maximum atomic E-state index is 12.4. The Kier molecular flexibility index (Phi) is 5.53. The van der Waals surface area contributed by atoms with E-state index in [0.717, 1.165) is 21.9 Å². The summed E-state index contributed by atoms with van der Waals surface area (Å²) >= 11 is 1.12. The molecule has 0 radical (unpaired) electrons. The van der Waals surface area contributed by atoms with Gasteiger partial charge in [0.15, 0.2) is 5.13 Å². The summed E-state index contributed by atoms with van der Waals surface area (Å²) in [5.74, 6) is -1.53. The topological polar surface area (TPSA) is 82.5 Å². The van der Waals surface area contributed by atoms with Crippen LogP contribution in [0.5, 0.6) is 0 Å². The Morgan fingerprint density at radius 1 is 1.43 bits per heavy atom. The summed E-state index contributed by atoms with van der Waals surface area (Å²) in [5, 5.41) is 10.9. The van der Waals surface area contributed by atoms with Crippen LogP contribution in [0.4, 0.5) is 23.1 Å². The number of halogens is 3. The van der Waals surface area contributed by atoms with Gasteiger partial charge in [-0.05, 0) is 13.3 Å². The zero-order valence-electron chi connectivity index (χ0n) is 11.3. The number of rotatable bonds is 5. The molecule has 1 aromatic rings. The van der Waals surface area contributed by atoms with Crippen LogP contribution in [-0.4, -0.2) is 46.3 Å². The minimum atomic E-state index is -4.68. The summed E-state index contributed by atoms with van der Waals surface area (Å²) in [6.45, 7) is 0.942. The maximum Gasteiger partial charge on any atom is 0.406 e. The molecule has 0 saturated carbocycles. The number of carboxylic acid groups (broad SMARTS) is 1. The molecule has 2 N–H and O–H groups in total. The Hall–Kier alpha value is -1.84. The molecule has 0 bridgehead atoms. The lowest BCUT2D eigenvalue weighted by atomic mass is 10.3. The first kappa shape index (κ1) is 17.2. The molecule has 2 amide bonds. The lowest BCUT2D eigenvalue weighted by molar-refractivity contribution is -0.148. The lowest BCUT2D eigenvalue weighted by Crippen LogP contribution is -2.44. The Balaban J connectivity index is 2.81. The van der Waals surface area contributed by atoms with E-state index in [2.05, 4.69) is 10.3 Å². The molecular formula is C11H14F3N3O3S. The minimum absolute atomic E-state index is 0.145. The number of hydrogen-bond acceptors (Lipinski definition) is 4. The third-order valence-corrected chi connectivity index (χ3v) is 3.35. The van der Waals surface area contributed by atoms with Gasteiger partial charge in [-0.25, -0.2) is 9.78 Å². The van der Waals surface area contributed by atoms with Crippen molar-refractivity contribution < 1.29 is 27.9 Å². The molecule has 21 heavy (non-hydrogen) atoms. The Morgan fingerprint density at radius 2 is 2.05 bits per heavy atom. The Bertz CT molecular complexity index is 531. The average Bonchev–Trinajstić information content (AvgIpc) is 2.66. The number of nitrogens with one attached hydrogen (secondary N) is 1. The SMILES string of the molecule is CCc1nc(NC(=O)N(CC(=O)O)CC(F)(F)F)sc1C. The second kappa shape index (κ2) is 6.74. The summed E-state index contributed by atoms with van der Waals surface area (Å²) in [5.41, 5.74) is 0.732. The largest absolute Gasteiger partial charge is 0.480 e. The van der Waals surface area contributed by atoms with Crippen LogP contribution in [0.3, 0.4) is 0 Å². The van der Waals surface area contributed by atoms with E-state index in [-0.39, 0.29) is 10.0 Å². The second-order valence-electron chi connectivity index (χ2n) is 4.17. The van der Waals surface area contributed by atoms with Crippen molar-refractivity contribution in [2.75, 3.05) is 18.4 Å². The number of carboxylic acids is 1. The number of carbonyl (C=O) groups is 2. The first-order valence-electron chi connectivity index (χ1n) is 5.93. The van der Waals surface area contributed by atoms with Crippen molar-refractivity contribution in [3.05, 3.63) is 10.6 Å². The van der Waals surface area contributed by atoms with Crippen molar-refractivity contribution in [1.82, 2.24) is 9.88 Å². The van der Waals surface area contributed by atoms with E-state index >= 15 is 0 Å². The van der Waals surface area contributed by atoms with Crippen LogP contribution in [0.2, 0.25) is 0 Å². The van der Waals surface area contributed by atoms with Crippen molar-refractivity contribution in [2.24, 2.45) is 0 Å². The third-order valence-electron chi connectivity index (χ3n) is 2.42. The Morgan fingerprint density at radius 3 is 2.48 bits per heavy atom. The fourth-order valence-electron chi connectivity index (χ4n) is 1.56. The number of carbonyl (C=O) groups excluding carboxylic acids is 1. The number of thiazole rings is 1. The number of anilines is 1. The van der Waals surface area contributed by atoms with Gasteiger partial charge in [-0.1, -0.05) is 6.92 Å². The third kappa shape index (κ3) is 5.58. The van der Waals surface area contributed by atoms with E-state index in [0.29, 0.717) is 6.42 Å². The van der Waals surface area contributed by atoms with Gasteiger partial charge in [0.05, 0.1) is 5.69 Å². The van der Waals surface area contributed by atoms with E-state index in [9.17, 15) is 22.8 Å². The zero-order valence-corrected chi connectivity index (χ0v) is 12.1. The van der Waals surface area contributed by atoms with Gasteiger partial charge in [-0.15, -0.1) is 11.3 Å². The highest BCUT2D eigenvalue weighted by Crippen LogP contribution is 2.23. The van der Waals surface area contributed by atoms with Crippen molar-refractivity contribution in [3.8, 4) is 0 Å². The highest BCUT2D eigenvalue weighted by Gasteiger charge is 2.34. The minimum Gasteiger partial charge on any atom is -0.480 e. The van der Waals surface area contributed by atoms with Crippen molar-refractivity contribution in [3.63, 3.8) is 0 Å². The Labute approximate surface area is 122 Å². The number of aromatic nitrogens is 1.